The van der Waals surface area contributed by atoms with Crippen LogP contribution in [0.3, 0.4) is 0 Å². The van der Waals surface area contributed by atoms with E-state index in [1.165, 1.54) is 65.2 Å². The van der Waals surface area contributed by atoms with Crippen LogP contribution < -0.4 is 0 Å². The van der Waals surface area contributed by atoms with Gasteiger partial charge in [0, 0.05) is 45.8 Å². The number of hydrogen-bond acceptors (Lipinski definition) is 3. The van der Waals surface area contributed by atoms with Gasteiger partial charge in [0.15, 0.2) is 0 Å². The van der Waals surface area contributed by atoms with Crippen LogP contribution in [0.25, 0.3) is 0 Å². The van der Waals surface area contributed by atoms with E-state index in [0.717, 1.165) is 5.92 Å². The molecule has 1 unspecified atom stereocenters. The molecule has 0 aliphatic carbocycles. The van der Waals surface area contributed by atoms with Crippen molar-refractivity contribution < 1.29 is 0 Å². The van der Waals surface area contributed by atoms with Crippen molar-refractivity contribution in [2.75, 3.05) is 59.4 Å². The second-order valence-corrected chi connectivity index (χ2v) is 5.69. The van der Waals surface area contributed by atoms with E-state index in [4.69, 9.17) is 0 Å². The summed E-state index contributed by atoms with van der Waals surface area (Å²) in [6.07, 6.45) is 2.84. The number of piperazine rings is 1. The van der Waals surface area contributed by atoms with E-state index < -0.39 is 0 Å². The van der Waals surface area contributed by atoms with Crippen LogP contribution in [0.15, 0.2) is 0 Å². The molecule has 0 spiro atoms. The zero-order valence-electron chi connectivity index (χ0n) is 11.0. The van der Waals surface area contributed by atoms with Crippen LogP contribution >= 0.6 is 0 Å². The van der Waals surface area contributed by atoms with E-state index in [2.05, 4.69) is 28.7 Å². The van der Waals surface area contributed by atoms with Gasteiger partial charge >= 0.3 is 0 Å². The van der Waals surface area contributed by atoms with Gasteiger partial charge in [0.05, 0.1) is 0 Å². The summed E-state index contributed by atoms with van der Waals surface area (Å²) >= 11 is 0. The van der Waals surface area contributed by atoms with E-state index in [1.54, 1.807) is 0 Å². The molecule has 0 bridgehead atoms. The highest BCUT2D eigenvalue weighted by atomic mass is 15.3. The zero-order chi connectivity index (χ0) is 11.4. The lowest BCUT2D eigenvalue weighted by molar-refractivity contribution is 0.118. The highest BCUT2D eigenvalue weighted by molar-refractivity contribution is 4.74. The molecule has 16 heavy (non-hydrogen) atoms. The van der Waals surface area contributed by atoms with Crippen LogP contribution in [0, 0.1) is 5.92 Å². The lowest BCUT2D eigenvalue weighted by Gasteiger charge is -2.36. The van der Waals surface area contributed by atoms with Crippen LogP contribution in [-0.2, 0) is 0 Å². The van der Waals surface area contributed by atoms with Gasteiger partial charge in [-0.2, -0.15) is 0 Å². The smallest absolute Gasteiger partial charge is 0.0110 e. The molecule has 0 aromatic carbocycles. The average molecular weight is 225 g/mol. The summed E-state index contributed by atoms with van der Waals surface area (Å²) in [4.78, 5) is 7.71. The van der Waals surface area contributed by atoms with Crippen molar-refractivity contribution in [2.45, 2.75) is 19.8 Å². The molecule has 1 atom stereocenters. The Bertz CT molecular complexity index is 199. The van der Waals surface area contributed by atoms with Crippen LogP contribution in [0.4, 0.5) is 0 Å². The predicted molar refractivity (Wildman–Crippen MR) is 68.8 cm³/mol. The second kappa shape index (κ2) is 5.99. The molecule has 3 nitrogen and oxygen atoms in total. The molecule has 2 rings (SSSR count). The zero-order valence-corrected chi connectivity index (χ0v) is 11.0. The number of nitrogens with zero attached hydrogens (tertiary/aromatic N) is 3. The fourth-order valence-corrected chi connectivity index (χ4v) is 2.84. The Morgan fingerprint density at radius 1 is 0.938 bits per heavy atom. The normalized spacial score (nSPS) is 30.8. The van der Waals surface area contributed by atoms with Gasteiger partial charge < -0.3 is 9.80 Å². The third-order valence-corrected chi connectivity index (χ3v) is 4.07. The Morgan fingerprint density at radius 3 is 2.31 bits per heavy atom. The van der Waals surface area contributed by atoms with Gasteiger partial charge in [0.25, 0.3) is 0 Å². The minimum atomic E-state index is 0.918. The molecule has 94 valence electrons. The topological polar surface area (TPSA) is 9.72 Å². The molecule has 0 aromatic heterocycles. The van der Waals surface area contributed by atoms with Gasteiger partial charge in [-0.15, -0.1) is 0 Å². The molecule has 3 heteroatoms. The number of likely N-dealkylation sites (N-methyl/N-ethyl adjacent to an activating group) is 1. The van der Waals surface area contributed by atoms with E-state index in [1.807, 2.05) is 0 Å². The Hall–Kier alpha value is -0.120. The maximum Gasteiger partial charge on any atom is 0.0110 e. The number of likely N-dealkylation sites (tertiary alicyclic amines) is 1. The molecule has 2 fully saturated rings. The van der Waals surface area contributed by atoms with Crippen molar-refractivity contribution in [1.82, 2.24) is 14.7 Å². The molecule has 0 N–H and O–H groups in total. The van der Waals surface area contributed by atoms with E-state index >= 15 is 0 Å². The third kappa shape index (κ3) is 3.72. The Morgan fingerprint density at radius 2 is 1.62 bits per heavy atom. The van der Waals surface area contributed by atoms with Gasteiger partial charge in [-0.3, -0.25) is 4.90 Å². The van der Waals surface area contributed by atoms with Crippen LogP contribution in [-0.4, -0.2) is 74.1 Å². The standard InChI is InChI=1S/C13H27N3/c1-13-4-3-5-16(12-13)11-10-15-8-6-14(2)7-9-15/h13H,3-12H2,1-2H3. The van der Waals surface area contributed by atoms with E-state index in [-0.39, 0.29) is 0 Å². The van der Waals surface area contributed by atoms with Crippen LogP contribution in [0.1, 0.15) is 19.8 Å². The second-order valence-electron chi connectivity index (χ2n) is 5.69. The van der Waals surface area contributed by atoms with Gasteiger partial charge in [-0.05, 0) is 32.4 Å². The van der Waals surface area contributed by atoms with Gasteiger partial charge in [-0.25, -0.2) is 0 Å². The first-order chi connectivity index (χ1) is 7.74. The number of rotatable bonds is 3. The third-order valence-electron chi connectivity index (χ3n) is 4.07. The first kappa shape index (κ1) is 12.3. The Kier molecular flexibility index (Phi) is 4.62. The lowest BCUT2D eigenvalue weighted by atomic mass is 10.0. The predicted octanol–water partition coefficient (Wildman–Crippen LogP) is 0.966. The average Bonchev–Trinajstić information content (AvgIpc) is 2.28. The lowest BCUT2D eigenvalue weighted by Crippen LogP contribution is -2.47. The summed E-state index contributed by atoms with van der Waals surface area (Å²) in [7, 11) is 2.23. The fourth-order valence-electron chi connectivity index (χ4n) is 2.84. The summed E-state index contributed by atoms with van der Waals surface area (Å²) in [6, 6.07) is 0. The van der Waals surface area contributed by atoms with Crippen molar-refractivity contribution >= 4 is 0 Å². The number of piperidine rings is 1. The summed E-state index contributed by atoms with van der Waals surface area (Å²) in [5.74, 6) is 0.918. The first-order valence-electron chi connectivity index (χ1n) is 6.87. The molecule has 2 aliphatic rings. The molecule has 0 amide bonds. The van der Waals surface area contributed by atoms with Crippen molar-refractivity contribution in [3.63, 3.8) is 0 Å². The van der Waals surface area contributed by atoms with Crippen LogP contribution in [0.2, 0.25) is 0 Å². The van der Waals surface area contributed by atoms with Crippen molar-refractivity contribution in [1.29, 1.82) is 0 Å². The minimum absolute atomic E-state index is 0.918. The van der Waals surface area contributed by atoms with Crippen molar-refractivity contribution in [3.8, 4) is 0 Å². The maximum absolute atomic E-state index is 2.66. The minimum Gasteiger partial charge on any atom is -0.304 e. The highest BCUT2D eigenvalue weighted by Gasteiger charge is 2.18. The molecule has 0 radical (unpaired) electrons. The summed E-state index contributed by atoms with van der Waals surface area (Å²) < 4.78 is 0. The number of hydrogen-bond donors (Lipinski definition) is 0. The molecular formula is C13H27N3. The van der Waals surface area contributed by atoms with E-state index in [0.29, 0.717) is 0 Å². The molecule has 0 saturated carbocycles. The fraction of sp³-hybridized carbons (Fsp3) is 1.00. The molecule has 0 aromatic rings. The highest BCUT2D eigenvalue weighted by Crippen LogP contribution is 2.15. The van der Waals surface area contributed by atoms with Gasteiger partial charge in [0.2, 0.25) is 0 Å². The first-order valence-corrected chi connectivity index (χ1v) is 6.87. The van der Waals surface area contributed by atoms with Crippen molar-refractivity contribution in [3.05, 3.63) is 0 Å². The van der Waals surface area contributed by atoms with Crippen molar-refractivity contribution in [2.24, 2.45) is 5.92 Å². The van der Waals surface area contributed by atoms with Gasteiger partial charge in [0.1, 0.15) is 0 Å². The Labute approximate surface area is 100 Å². The largest absolute Gasteiger partial charge is 0.304 e. The SMILES string of the molecule is CC1CCCN(CCN2CCN(C)CC2)C1. The summed E-state index contributed by atoms with van der Waals surface area (Å²) in [5, 5.41) is 0. The maximum atomic E-state index is 2.66. The molecule has 2 aliphatic heterocycles. The Balaban J connectivity index is 1.63. The molecule has 2 saturated heterocycles. The monoisotopic (exact) mass is 225 g/mol. The van der Waals surface area contributed by atoms with Gasteiger partial charge in [-0.1, -0.05) is 6.92 Å². The quantitative estimate of drug-likeness (QED) is 0.708. The summed E-state index contributed by atoms with van der Waals surface area (Å²) in [5.41, 5.74) is 0. The van der Waals surface area contributed by atoms with Crippen LogP contribution in [0.5, 0.6) is 0 Å². The van der Waals surface area contributed by atoms with E-state index in [9.17, 15) is 0 Å². The summed E-state index contributed by atoms with van der Waals surface area (Å²) in [6.45, 7) is 12.6. The molecule has 2 heterocycles. The molecular weight excluding hydrogens is 198 g/mol.